The van der Waals surface area contributed by atoms with Gasteiger partial charge in [-0.2, -0.15) is 5.10 Å². The molecule has 7 heteroatoms. The largest absolute Gasteiger partial charge is 0.244 e. The Bertz CT molecular complexity index is 1040. The molecule has 148 valence electrons. The molecule has 0 aliphatic heterocycles. The fourth-order valence-corrected chi connectivity index (χ4v) is 4.21. The lowest BCUT2D eigenvalue weighted by atomic mass is 9.92. The summed E-state index contributed by atoms with van der Waals surface area (Å²) >= 11 is 0. The minimum atomic E-state index is -3.75. The van der Waals surface area contributed by atoms with Gasteiger partial charge in [-0.1, -0.05) is 51.1 Å². The Hall–Kier alpha value is -2.51. The quantitative estimate of drug-likeness (QED) is 0.683. The molecular formula is C21H24FN3O2S. The molecule has 0 amide bonds. The molecule has 0 saturated heterocycles. The first kappa shape index (κ1) is 20.2. The molecule has 0 unspecified atom stereocenters. The number of nitrogens with zero attached hydrogens (tertiary/aromatic N) is 2. The third-order valence-corrected chi connectivity index (χ3v) is 5.78. The molecular weight excluding hydrogens is 377 g/mol. The molecule has 3 rings (SSSR count). The zero-order valence-electron chi connectivity index (χ0n) is 16.2. The van der Waals surface area contributed by atoms with Crippen molar-refractivity contribution in [3.8, 4) is 5.69 Å². The Labute approximate surface area is 165 Å². The maximum Gasteiger partial charge on any atom is 0.244 e. The maximum atomic E-state index is 13.0. The number of benzene rings is 2. The van der Waals surface area contributed by atoms with Gasteiger partial charge in [0.25, 0.3) is 0 Å². The molecule has 0 spiro atoms. The highest BCUT2D eigenvalue weighted by Crippen LogP contribution is 2.28. The van der Waals surface area contributed by atoms with Crippen LogP contribution in [0, 0.1) is 5.82 Å². The first-order valence-electron chi connectivity index (χ1n) is 9.06. The zero-order valence-corrected chi connectivity index (χ0v) is 17.0. The third-order valence-electron chi connectivity index (χ3n) is 4.32. The number of para-hydroxylation sites is 1. The fourth-order valence-electron chi connectivity index (χ4n) is 2.85. The van der Waals surface area contributed by atoms with Crippen molar-refractivity contribution < 1.29 is 12.8 Å². The number of halogens is 1. The average molecular weight is 402 g/mol. The number of hydrogen-bond donors (Lipinski definition) is 1. The van der Waals surface area contributed by atoms with Crippen molar-refractivity contribution in [1.82, 2.24) is 14.5 Å². The summed E-state index contributed by atoms with van der Waals surface area (Å²) in [5.41, 5.74) is 1.72. The van der Waals surface area contributed by atoms with Crippen LogP contribution in [0.5, 0.6) is 0 Å². The summed E-state index contributed by atoms with van der Waals surface area (Å²) in [5, 5.41) is 4.55. The molecule has 0 radical (unpaired) electrons. The van der Waals surface area contributed by atoms with Gasteiger partial charge in [0.2, 0.25) is 10.0 Å². The fraction of sp³-hybridized carbons (Fsp3) is 0.286. The van der Waals surface area contributed by atoms with Crippen LogP contribution in [0.2, 0.25) is 0 Å². The van der Waals surface area contributed by atoms with Gasteiger partial charge in [0.05, 0.1) is 17.6 Å². The van der Waals surface area contributed by atoms with Crippen LogP contribution in [0.1, 0.15) is 32.0 Å². The van der Waals surface area contributed by atoms with Crippen LogP contribution < -0.4 is 4.72 Å². The summed E-state index contributed by atoms with van der Waals surface area (Å²) in [6, 6.07) is 15.4. The predicted molar refractivity (Wildman–Crippen MR) is 108 cm³/mol. The highest BCUT2D eigenvalue weighted by molar-refractivity contribution is 7.89. The molecule has 3 aromatic rings. The van der Waals surface area contributed by atoms with Crippen LogP contribution in [0.4, 0.5) is 4.39 Å². The summed E-state index contributed by atoms with van der Waals surface area (Å²) < 4.78 is 43.2. The van der Waals surface area contributed by atoms with E-state index in [0.29, 0.717) is 12.1 Å². The van der Waals surface area contributed by atoms with Crippen molar-refractivity contribution in [2.45, 2.75) is 37.5 Å². The van der Waals surface area contributed by atoms with E-state index >= 15 is 0 Å². The second-order valence-electron chi connectivity index (χ2n) is 7.65. The number of aromatic nitrogens is 2. The normalized spacial score (nSPS) is 12.3. The van der Waals surface area contributed by atoms with E-state index in [4.69, 9.17) is 0 Å². The van der Waals surface area contributed by atoms with Crippen LogP contribution in [-0.2, 0) is 21.9 Å². The number of hydrogen-bond acceptors (Lipinski definition) is 3. The van der Waals surface area contributed by atoms with E-state index in [1.54, 1.807) is 23.0 Å². The average Bonchev–Trinajstić information content (AvgIpc) is 3.11. The van der Waals surface area contributed by atoms with Crippen LogP contribution in [0.3, 0.4) is 0 Å². The first-order chi connectivity index (χ1) is 13.2. The Morgan fingerprint density at radius 3 is 2.29 bits per heavy atom. The molecule has 2 aromatic carbocycles. The standard InChI is InChI=1S/C21H24FN3O2S/c1-21(2,3)20-19(15-25(24-20)18-7-5-4-6-8-18)28(26,27)23-14-13-16-9-11-17(22)12-10-16/h4-12,15,23H,13-14H2,1-3H3. The van der Waals surface area contributed by atoms with Gasteiger partial charge in [-0.25, -0.2) is 22.2 Å². The monoisotopic (exact) mass is 401 g/mol. The molecule has 1 heterocycles. The Morgan fingerprint density at radius 2 is 1.68 bits per heavy atom. The summed E-state index contributed by atoms with van der Waals surface area (Å²) in [5.74, 6) is -0.313. The minimum absolute atomic E-state index is 0.169. The zero-order chi connectivity index (χ0) is 20.4. The summed E-state index contributed by atoms with van der Waals surface area (Å²) in [6.45, 7) is 6.01. The number of rotatable bonds is 6. The lowest BCUT2D eigenvalue weighted by Gasteiger charge is -2.17. The molecule has 5 nitrogen and oxygen atoms in total. The lowest BCUT2D eigenvalue weighted by molar-refractivity contribution is 0.539. The van der Waals surface area contributed by atoms with Crippen molar-refractivity contribution in [2.75, 3.05) is 6.54 Å². The lowest BCUT2D eigenvalue weighted by Crippen LogP contribution is -2.28. The van der Waals surface area contributed by atoms with Gasteiger partial charge in [0.1, 0.15) is 10.7 Å². The molecule has 0 aliphatic rings. The van der Waals surface area contributed by atoms with Crippen molar-refractivity contribution in [1.29, 1.82) is 0 Å². The third kappa shape index (κ3) is 4.66. The molecule has 1 aromatic heterocycles. The smallest absolute Gasteiger partial charge is 0.239 e. The van der Waals surface area contributed by atoms with Crippen molar-refractivity contribution in [3.63, 3.8) is 0 Å². The molecule has 0 aliphatic carbocycles. The van der Waals surface area contributed by atoms with E-state index in [2.05, 4.69) is 9.82 Å². The SMILES string of the molecule is CC(C)(C)c1nn(-c2ccccc2)cc1S(=O)(=O)NCCc1ccc(F)cc1. The first-order valence-corrected chi connectivity index (χ1v) is 10.5. The van der Waals surface area contributed by atoms with Crippen molar-refractivity contribution >= 4 is 10.0 Å². The van der Waals surface area contributed by atoms with E-state index in [9.17, 15) is 12.8 Å². The van der Waals surface area contributed by atoms with Gasteiger partial charge in [0.15, 0.2) is 0 Å². The Morgan fingerprint density at radius 1 is 1.04 bits per heavy atom. The topological polar surface area (TPSA) is 64.0 Å². The summed E-state index contributed by atoms with van der Waals surface area (Å²) in [6.07, 6.45) is 2.02. The molecule has 0 saturated carbocycles. The van der Waals surface area contributed by atoms with E-state index in [1.165, 1.54) is 12.1 Å². The predicted octanol–water partition coefficient (Wildman–Crippen LogP) is 3.83. The molecule has 0 atom stereocenters. The number of sulfonamides is 1. The van der Waals surface area contributed by atoms with Crippen molar-refractivity contribution in [3.05, 3.63) is 77.9 Å². The van der Waals surface area contributed by atoms with Crippen molar-refractivity contribution in [2.24, 2.45) is 0 Å². The van der Waals surface area contributed by atoms with Crippen LogP contribution in [0.25, 0.3) is 5.69 Å². The van der Waals surface area contributed by atoms with Gasteiger partial charge in [-0.3, -0.25) is 0 Å². The Balaban J connectivity index is 1.85. The van der Waals surface area contributed by atoms with E-state index in [1.807, 2.05) is 51.1 Å². The van der Waals surface area contributed by atoms with Crippen LogP contribution >= 0.6 is 0 Å². The van der Waals surface area contributed by atoms with E-state index in [0.717, 1.165) is 11.3 Å². The van der Waals surface area contributed by atoms with Crippen LogP contribution in [0.15, 0.2) is 65.7 Å². The molecule has 28 heavy (non-hydrogen) atoms. The van der Waals surface area contributed by atoms with E-state index in [-0.39, 0.29) is 17.3 Å². The summed E-state index contributed by atoms with van der Waals surface area (Å²) in [7, 11) is -3.75. The van der Waals surface area contributed by atoms with Gasteiger partial charge < -0.3 is 0 Å². The highest BCUT2D eigenvalue weighted by Gasteiger charge is 2.30. The maximum absolute atomic E-state index is 13.0. The van der Waals surface area contributed by atoms with Gasteiger partial charge in [-0.05, 0) is 36.2 Å². The molecule has 0 bridgehead atoms. The van der Waals surface area contributed by atoms with Gasteiger partial charge >= 0.3 is 0 Å². The van der Waals surface area contributed by atoms with Gasteiger partial charge in [-0.15, -0.1) is 0 Å². The van der Waals surface area contributed by atoms with Gasteiger partial charge in [0, 0.05) is 12.0 Å². The molecule has 1 N–H and O–H groups in total. The Kier molecular flexibility index (Phi) is 5.67. The van der Waals surface area contributed by atoms with Crippen LogP contribution in [-0.4, -0.2) is 24.7 Å². The summed E-state index contributed by atoms with van der Waals surface area (Å²) in [4.78, 5) is 0.169. The second kappa shape index (κ2) is 7.85. The van der Waals surface area contributed by atoms with E-state index < -0.39 is 15.4 Å². The molecule has 0 fully saturated rings. The minimum Gasteiger partial charge on any atom is -0.239 e. The highest BCUT2D eigenvalue weighted by atomic mass is 32.2. The second-order valence-corrected chi connectivity index (χ2v) is 9.38. The number of nitrogens with one attached hydrogen (secondary N) is 1.